The van der Waals surface area contributed by atoms with Crippen LogP contribution in [0.15, 0.2) is 24.3 Å². The third-order valence-corrected chi connectivity index (χ3v) is 1.92. The molecule has 0 fully saturated rings. The third kappa shape index (κ3) is 2.91. The van der Waals surface area contributed by atoms with Gasteiger partial charge in [0.15, 0.2) is 0 Å². The molecule has 1 aromatic rings. The van der Waals surface area contributed by atoms with Crippen LogP contribution in [0.4, 0.5) is 0 Å². The van der Waals surface area contributed by atoms with Gasteiger partial charge in [-0.25, -0.2) is 0 Å². The summed E-state index contributed by atoms with van der Waals surface area (Å²) in [5, 5.41) is 14.5. The van der Waals surface area contributed by atoms with Crippen molar-refractivity contribution in [3.8, 4) is 0 Å². The Hall–Kier alpha value is -2.17. The average Bonchev–Trinajstić information content (AvgIpc) is 2.18. The molecule has 0 heterocycles. The van der Waals surface area contributed by atoms with E-state index >= 15 is 0 Å². The highest BCUT2D eigenvalue weighted by Gasteiger charge is 2.06. The maximum absolute atomic E-state index is 10.7. The van der Waals surface area contributed by atoms with Crippen molar-refractivity contribution in [2.45, 2.75) is 6.42 Å². The molecule has 1 aromatic carbocycles. The lowest BCUT2D eigenvalue weighted by atomic mass is 10.0. The highest BCUT2D eigenvalue weighted by Crippen LogP contribution is 2.05. The van der Waals surface area contributed by atoms with Gasteiger partial charge in [-0.1, -0.05) is 18.2 Å². The first-order chi connectivity index (χ1) is 7.00. The lowest BCUT2D eigenvalue weighted by Crippen LogP contribution is -2.24. The van der Waals surface area contributed by atoms with Gasteiger partial charge in [0.1, 0.15) is 11.5 Å². The van der Waals surface area contributed by atoms with Crippen molar-refractivity contribution in [1.29, 1.82) is 10.8 Å². The Bertz CT molecular complexity index is 425. The van der Waals surface area contributed by atoms with Gasteiger partial charge in [0.25, 0.3) is 5.91 Å². The van der Waals surface area contributed by atoms with Gasteiger partial charge in [-0.3, -0.25) is 15.6 Å². The largest absolute Gasteiger partial charge is 0.384 e. The average molecular weight is 204 g/mol. The number of carbonyl (C=O) groups is 1. The van der Waals surface area contributed by atoms with Crippen LogP contribution in [0.3, 0.4) is 0 Å². The van der Waals surface area contributed by atoms with Crippen LogP contribution in [0, 0.1) is 10.8 Å². The van der Waals surface area contributed by atoms with E-state index in [-0.39, 0.29) is 18.0 Å². The molecule has 0 radical (unpaired) electrons. The second kappa shape index (κ2) is 4.36. The number of hydrogen-bond donors (Lipinski definition) is 4. The number of primary amides is 1. The van der Waals surface area contributed by atoms with E-state index in [4.69, 9.17) is 22.3 Å². The molecule has 0 saturated heterocycles. The van der Waals surface area contributed by atoms with Crippen molar-refractivity contribution in [1.82, 2.24) is 0 Å². The van der Waals surface area contributed by atoms with Crippen molar-refractivity contribution in [3.63, 3.8) is 0 Å². The van der Waals surface area contributed by atoms with Gasteiger partial charge in [0, 0.05) is 12.0 Å². The summed E-state index contributed by atoms with van der Waals surface area (Å²) in [7, 11) is 0. The van der Waals surface area contributed by atoms with Crippen LogP contribution in [-0.4, -0.2) is 17.5 Å². The van der Waals surface area contributed by atoms with Crippen LogP contribution in [0.25, 0.3) is 0 Å². The van der Waals surface area contributed by atoms with Gasteiger partial charge in [-0.2, -0.15) is 0 Å². The van der Waals surface area contributed by atoms with Crippen LogP contribution in [0.1, 0.15) is 11.1 Å². The Labute approximate surface area is 87.1 Å². The van der Waals surface area contributed by atoms with Gasteiger partial charge in [-0.05, 0) is 11.6 Å². The topological polar surface area (TPSA) is 117 Å². The molecule has 0 unspecified atom stereocenters. The van der Waals surface area contributed by atoms with E-state index in [0.717, 1.165) is 5.56 Å². The molecular formula is C10H12N4O. The summed E-state index contributed by atoms with van der Waals surface area (Å²) in [6.07, 6.45) is 0.163. The minimum atomic E-state index is -0.733. The summed E-state index contributed by atoms with van der Waals surface area (Å²) in [5.41, 5.74) is 11.4. The number of carbonyl (C=O) groups excluding carboxylic acids is 1. The summed E-state index contributed by atoms with van der Waals surface area (Å²) in [6.45, 7) is 0. The van der Waals surface area contributed by atoms with Crippen molar-refractivity contribution < 1.29 is 4.79 Å². The normalized spacial score (nSPS) is 9.60. The molecule has 78 valence electrons. The number of rotatable bonds is 4. The Morgan fingerprint density at radius 3 is 2.47 bits per heavy atom. The predicted octanol–water partition coefficient (Wildman–Crippen LogP) is 0.0182. The molecule has 15 heavy (non-hydrogen) atoms. The van der Waals surface area contributed by atoms with Crippen LogP contribution in [-0.2, 0) is 11.2 Å². The summed E-state index contributed by atoms with van der Waals surface area (Å²) in [4.78, 5) is 10.7. The van der Waals surface area contributed by atoms with Gasteiger partial charge >= 0.3 is 0 Å². The van der Waals surface area contributed by atoms with E-state index in [1.54, 1.807) is 24.3 Å². The quantitative estimate of drug-likeness (QED) is 0.408. The molecule has 0 spiro atoms. The van der Waals surface area contributed by atoms with E-state index in [2.05, 4.69) is 0 Å². The van der Waals surface area contributed by atoms with Crippen molar-refractivity contribution in [2.75, 3.05) is 0 Å². The summed E-state index contributed by atoms with van der Waals surface area (Å²) in [5.74, 6) is -0.773. The highest BCUT2D eigenvalue weighted by molar-refractivity contribution is 6.37. The third-order valence-electron chi connectivity index (χ3n) is 1.92. The Morgan fingerprint density at radius 1 is 1.27 bits per heavy atom. The summed E-state index contributed by atoms with van der Waals surface area (Å²) < 4.78 is 0. The summed E-state index contributed by atoms with van der Waals surface area (Å²) >= 11 is 0. The molecule has 0 bridgehead atoms. The lowest BCUT2D eigenvalue weighted by molar-refractivity contribution is -0.112. The molecule has 0 aliphatic carbocycles. The molecule has 1 rings (SSSR count). The molecule has 5 nitrogen and oxygen atoms in total. The minimum absolute atomic E-state index is 0.0394. The number of nitrogens with two attached hydrogens (primary N) is 2. The first kappa shape index (κ1) is 10.9. The van der Waals surface area contributed by atoms with E-state index in [1.807, 2.05) is 0 Å². The second-order valence-corrected chi connectivity index (χ2v) is 3.13. The van der Waals surface area contributed by atoms with E-state index in [0.29, 0.717) is 5.56 Å². The number of amides is 1. The number of hydrogen-bond acceptors (Lipinski definition) is 3. The fourth-order valence-electron chi connectivity index (χ4n) is 1.14. The van der Waals surface area contributed by atoms with E-state index in [9.17, 15) is 4.79 Å². The smallest absolute Gasteiger partial charge is 0.262 e. The second-order valence-electron chi connectivity index (χ2n) is 3.13. The van der Waals surface area contributed by atoms with Crippen LogP contribution in [0.2, 0.25) is 0 Å². The lowest BCUT2D eigenvalue weighted by Gasteiger charge is -2.03. The van der Waals surface area contributed by atoms with Crippen molar-refractivity contribution in [2.24, 2.45) is 11.5 Å². The van der Waals surface area contributed by atoms with E-state index in [1.165, 1.54) is 0 Å². The van der Waals surface area contributed by atoms with Crippen LogP contribution < -0.4 is 11.5 Å². The SMILES string of the molecule is N=C(Cc1cccc(C(=N)N)c1)C(N)=O. The maximum Gasteiger partial charge on any atom is 0.262 e. The Kier molecular flexibility index (Phi) is 3.17. The fraction of sp³-hybridized carbons (Fsp3) is 0.100. The van der Waals surface area contributed by atoms with Gasteiger partial charge in [0.2, 0.25) is 0 Å². The number of nitrogen functional groups attached to an aromatic ring is 1. The van der Waals surface area contributed by atoms with Crippen LogP contribution >= 0.6 is 0 Å². The monoisotopic (exact) mass is 204 g/mol. The molecule has 5 heteroatoms. The van der Waals surface area contributed by atoms with Crippen LogP contribution in [0.5, 0.6) is 0 Å². The maximum atomic E-state index is 10.7. The first-order valence-electron chi connectivity index (χ1n) is 4.31. The molecule has 0 aliphatic rings. The Balaban J connectivity index is 2.87. The zero-order chi connectivity index (χ0) is 11.4. The van der Waals surface area contributed by atoms with Crippen molar-refractivity contribution >= 4 is 17.5 Å². The Morgan fingerprint density at radius 2 is 1.93 bits per heavy atom. The molecule has 0 aromatic heterocycles. The zero-order valence-corrected chi connectivity index (χ0v) is 8.08. The highest BCUT2D eigenvalue weighted by atomic mass is 16.1. The number of benzene rings is 1. The fourth-order valence-corrected chi connectivity index (χ4v) is 1.14. The molecule has 0 saturated carbocycles. The van der Waals surface area contributed by atoms with Gasteiger partial charge in [-0.15, -0.1) is 0 Å². The minimum Gasteiger partial charge on any atom is -0.384 e. The number of amidine groups is 1. The molecule has 0 aliphatic heterocycles. The summed E-state index contributed by atoms with van der Waals surface area (Å²) in [6, 6.07) is 6.84. The first-order valence-corrected chi connectivity index (χ1v) is 4.31. The zero-order valence-electron chi connectivity index (χ0n) is 8.08. The molecular weight excluding hydrogens is 192 g/mol. The standard InChI is InChI=1S/C10H12N4O/c11-8(10(14)15)5-6-2-1-3-7(4-6)9(12)13/h1-4,11H,5H2,(H3,12,13)(H2,14,15). The molecule has 1 amide bonds. The van der Waals surface area contributed by atoms with Gasteiger partial charge in [0.05, 0.1) is 0 Å². The van der Waals surface area contributed by atoms with E-state index < -0.39 is 5.91 Å². The molecule has 6 N–H and O–H groups in total. The predicted molar refractivity (Wildman–Crippen MR) is 58.1 cm³/mol. The number of nitrogens with one attached hydrogen (secondary N) is 2. The van der Waals surface area contributed by atoms with Gasteiger partial charge < -0.3 is 11.5 Å². The molecule has 0 atom stereocenters. The van der Waals surface area contributed by atoms with Crippen molar-refractivity contribution in [3.05, 3.63) is 35.4 Å².